The van der Waals surface area contributed by atoms with Gasteiger partial charge in [-0.2, -0.15) is 48.3 Å². The lowest BCUT2D eigenvalue weighted by Gasteiger charge is -2.44. The second-order valence-electron chi connectivity index (χ2n) is 5.83. The Bertz CT molecular complexity index is 461. The predicted molar refractivity (Wildman–Crippen MR) is 55.3 cm³/mol. The molecule has 2 nitrogen and oxygen atoms in total. The first-order valence-corrected chi connectivity index (χ1v) is 6.26. The molecule has 1 aliphatic heterocycles. The fraction of sp³-hybridized carbons (Fsp3) is 1.00. The Balaban J connectivity index is 3.44. The average molecular weight is 402 g/mol. The Morgan fingerprint density at radius 3 is 1.48 bits per heavy atom. The summed E-state index contributed by atoms with van der Waals surface area (Å²) in [4.78, 5) is 0. The zero-order valence-corrected chi connectivity index (χ0v) is 12.1. The number of rotatable bonds is 5. The summed E-state index contributed by atoms with van der Waals surface area (Å²) in [5.41, 5.74) is -1.51. The molecule has 0 aromatic rings. The first kappa shape index (κ1) is 22.1. The lowest BCUT2D eigenvalue weighted by Crippen LogP contribution is -2.67. The van der Waals surface area contributed by atoms with Crippen molar-refractivity contribution in [2.45, 2.75) is 37.2 Å². The highest BCUT2D eigenvalue weighted by atomic mass is 19.4. The van der Waals surface area contributed by atoms with Crippen LogP contribution in [0.3, 0.4) is 0 Å². The van der Waals surface area contributed by atoms with Gasteiger partial charge in [-0.05, 0) is 0 Å². The van der Waals surface area contributed by atoms with Gasteiger partial charge in [0, 0.05) is 5.41 Å². The van der Waals surface area contributed by atoms with Crippen molar-refractivity contribution in [1.82, 2.24) is 0 Å². The van der Waals surface area contributed by atoms with Crippen molar-refractivity contribution < 1.29 is 62.2 Å². The van der Waals surface area contributed by atoms with Crippen LogP contribution >= 0.6 is 0 Å². The Morgan fingerprint density at radius 1 is 0.840 bits per heavy atom. The van der Waals surface area contributed by atoms with Crippen LogP contribution in [0, 0.1) is 11.3 Å². The van der Waals surface area contributed by atoms with Gasteiger partial charge in [-0.15, -0.1) is 0 Å². The van der Waals surface area contributed by atoms with Gasteiger partial charge in [0.15, 0.2) is 0 Å². The maximum absolute atomic E-state index is 14.2. The first-order valence-electron chi connectivity index (χ1n) is 6.26. The quantitative estimate of drug-likeness (QED) is 0.624. The molecule has 1 saturated heterocycles. The lowest BCUT2D eigenvalue weighted by atomic mass is 9.88. The van der Waals surface area contributed by atoms with Crippen LogP contribution in [0.15, 0.2) is 0 Å². The van der Waals surface area contributed by atoms with Gasteiger partial charge in [0.25, 0.3) is 0 Å². The van der Waals surface area contributed by atoms with Crippen molar-refractivity contribution in [2.24, 2.45) is 11.3 Å². The highest BCUT2D eigenvalue weighted by molar-refractivity contribution is 5.02. The van der Waals surface area contributed by atoms with Crippen molar-refractivity contribution in [3.63, 3.8) is 0 Å². The van der Waals surface area contributed by atoms with E-state index in [9.17, 15) is 52.7 Å². The van der Waals surface area contributed by atoms with E-state index in [1.54, 1.807) is 0 Å². The second-order valence-corrected chi connectivity index (χ2v) is 5.83. The number of halogens is 12. The summed E-state index contributed by atoms with van der Waals surface area (Å²) in [7, 11) is 0. The standard InChI is InChI=1S/C11H10F12O2/c1-6(2-24-3-6)4-25-7(12,10(19,20)11(21,22)23)5(8(13,14)15)9(16,17)18/h5H,2-4H2,1H3. The van der Waals surface area contributed by atoms with E-state index in [0.717, 1.165) is 6.92 Å². The van der Waals surface area contributed by atoms with E-state index in [1.807, 2.05) is 0 Å². The Kier molecular flexibility index (Phi) is 5.36. The molecule has 0 N–H and O–H groups in total. The van der Waals surface area contributed by atoms with Gasteiger partial charge in [-0.1, -0.05) is 6.92 Å². The molecule has 0 saturated carbocycles. The minimum Gasteiger partial charge on any atom is -0.380 e. The van der Waals surface area contributed by atoms with Crippen LogP contribution in [0.1, 0.15) is 6.92 Å². The Labute approximate surface area is 132 Å². The van der Waals surface area contributed by atoms with E-state index in [-0.39, 0.29) is 0 Å². The monoisotopic (exact) mass is 402 g/mol. The van der Waals surface area contributed by atoms with Crippen molar-refractivity contribution in [1.29, 1.82) is 0 Å². The second kappa shape index (κ2) is 6.06. The average Bonchev–Trinajstić information content (AvgIpc) is 2.28. The zero-order chi connectivity index (χ0) is 20.1. The van der Waals surface area contributed by atoms with Crippen LogP contribution < -0.4 is 0 Å². The number of ether oxygens (including phenoxy) is 2. The molecular formula is C11H10F12O2. The van der Waals surface area contributed by atoms with Crippen LogP contribution in [0.25, 0.3) is 0 Å². The Hall–Kier alpha value is -0.920. The van der Waals surface area contributed by atoms with Crippen molar-refractivity contribution in [3.05, 3.63) is 0 Å². The van der Waals surface area contributed by atoms with Gasteiger partial charge in [0.05, 0.1) is 19.8 Å². The van der Waals surface area contributed by atoms with Crippen molar-refractivity contribution >= 4 is 0 Å². The summed E-state index contributed by atoms with van der Waals surface area (Å²) in [6.07, 6.45) is -20.7. The molecule has 0 amide bonds. The number of hydrogen-bond donors (Lipinski definition) is 0. The molecule has 0 spiro atoms. The van der Waals surface area contributed by atoms with Gasteiger partial charge < -0.3 is 9.47 Å². The largest absolute Gasteiger partial charge is 0.459 e. The Morgan fingerprint density at radius 2 is 1.24 bits per heavy atom. The molecule has 1 rings (SSSR count). The van der Waals surface area contributed by atoms with Crippen molar-refractivity contribution in [2.75, 3.05) is 19.8 Å². The number of alkyl halides is 12. The summed E-state index contributed by atoms with van der Waals surface area (Å²) in [6, 6.07) is 0. The third-order valence-electron chi connectivity index (χ3n) is 3.34. The molecule has 1 atom stereocenters. The maximum Gasteiger partial charge on any atom is 0.459 e. The summed E-state index contributed by atoms with van der Waals surface area (Å²) in [6.45, 7) is -1.44. The molecule has 0 radical (unpaired) electrons. The molecule has 1 aliphatic rings. The molecule has 14 heteroatoms. The zero-order valence-electron chi connectivity index (χ0n) is 12.1. The fourth-order valence-electron chi connectivity index (χ4n) is 1.97. The molecular weight excluding hydrogens is 392 g/mol. The SMILES string of the molecule is CC1(COC(F)(C(C(F)(F)F)C(F)(F)F)C(F)(F)C(F)(F)F)COC1. The van der Waals surface area contributed by atoms with E-state index in [4.69, 9.17) is 0 Å². The normalized spacial score (nSPS) is 21.8. The van der Waals surface area contributed by atoms with Gasteiger partial charge in [-0.3, -0.25) is 0 Å². The topological polar surface area (TPSA) is 18.5 Å². The minimum absolute atomic E-state index is 0.441. The molecule has 1 fully saturated rings. The first-order chi connectivity index (χ1) is 10.8. The summed E-state index contributed by atoms with van der Waals surface area (Å²) in [5.74, 6) is -19.3. The highest BCUT2D eigenvalue weighted by Gasteiger charge is 2.83. The fourth-order valence-corrected chi connectivity index (χ4v) is 1.97. The predicted octanol–water partition coefficient (Wildman–Crippen LogP) is 4.64. The lowest BCUT2D eigenvalue weighted by molar-refractivity contribution is -0.451. The third kappa shape index (κ3) is 4.09. The van der Waals surface area contributed by atoms with E-state index in [2.05, 4.69) is 9.47 Å². The smallest absolute Gasteiger partial charge is 0.380 e. The molecule has 150 valence electrons. The van der Waals surface area contributed by atoms with E-state index >= 15 is 0 Å². The van der Waals surface area contributed by atoms with Gasteiger partial charge in [0.1, 0.15) is 0 Å². The van der Waals surface area contributed by atoms with E-state index in [0.29, 0.717) is 0 Å². The van der Waals surface area contributed by atoms with Crippen LogP contribution in [-0.2, 0) is 9.47 Å². The van der Waals surface area contributed by atoms with Crippen molar-refractivity contribution in [3.8, 4) is 0 Å². The summed E-state index contributed by atoms with van der Waals surface area (Å²) < 4.78 is 161. The van der Waals surface area contributed by atoms with Gasteiger partial charge in [0.2, 0.25) is 5.92 Å². The summed E-state index contributed by atoms with van der Waals surface area (Å²) >= 11 is 0. The minimum atomic E-state index is -7.10. The van der Waals surface area contributed by atoms with Crippen LogP contribution in [0.4, 0.5) is 52.7 Å². The molecule has 0 bridgehead atoms. The molecule has 0 aliphatic carbocycles. The molecule has 25 heavy (non-hydrogen) atoms. The number of hydrogen-bond acceptors (Lipinski definition) is 2. The van der Waals surface area contributed by atoms with Gasteiger partial charge >= 0.3 is 30.3 Å². The van der Waals surface area contributed by atoms with Crippen LogP contribution in [-0.4, -0.2) is 50.1 Å². The molecule has 0 aromatic heterocycles. The molecule has 0 aromatic carbocycles. The third-order valence-corrected chi connectivity index (χ3v) is 3.34. The summed E-state index contributed by atoms with van der Waals surface area (Å²) in [5, 5.41) is 0. The van der Waals surface area contributed by atoms with Crippen LogP contribution in [0.5, 0.6) is 0 Å². The van der Waals surface area contributed by atoms with Gasteiger partial charge in [-0.25, -0.2) is 4.39 Å². The molecule has 1 unspecified atom stereocenters. The molecule has 1 heterocycles. The van der Waals surface area contributed by atoms with E-state index in [1.165, 1.54) is 0 Å². The van der Waals surface area contributed by atoms with Crippen LogP contribution in [0.2, 0.25) is 0 Å². The van der Waals surface area contributed by atoms with E-state index < -0.39 is 61.5 Å². The maximum atomic E-state index is 14.2. The highest BCUT2D eigenvalue weighted by Crippen LogP contribution is 2.58.